The second-order valence-corrected chi connectivity index (χ2v) is 8.24. The normalized spacial score (nSPS) is 13.5. The third-order valence-corrected chi connectivity index (χ3v) is 6.13. The number of likely N-dealkylation sites (tertiary alicyclic amines) is 1. The van der Waals surface area contributed by atoms with E-state index < -0.39 is 0 Å². The molecule has 2 amide bonds. The van der Waals surface area contributed by atoms with Gasteiger partial charge < -0.3 is 14.6 Å². The fourth-order valence-corrected chi connectivity index (χ4v) is 4.40. The van der Waals surface area contributed by atoms with Crippen molar-refractivity contribution >= 4 is 23.6 Å². The van der Waals surface area contributed by atoms with Gasteiger partial charge in [0.15, 0.2) is 16.7 Å². The van der Waals surface area contributed by atoms with Crippen molar-refractivity contribution in [1.82, 2.24) is 25.0 Å². The van der Waals surface area contributed by atoms with Gasteiger partial charge in [-0.15, -0.1) is 10.2 Å². The van der Waals surface area contributed by atoms with E-state index in [1.165, 1.54) is 11.8 Å². The number of nitrogens with one attached hydrogen (secondary N) is 1. The standard InChI is InChI=1S/C22H25N5O3S/c1-2-27-20(18-9-6-12-30-18)24-25-22(27)31-15-19(28)23-14-16-7-5-8-17(13-16)21(29)26-10-3-4-11-26/h5-9,12-13H,2-4,10-11,14-15H2,1H3,(H,23,28). The predicted molar refractivity (Wildman–Crippen MR) is 118 cm³/mol. The highest BCUT2D eigenvalue weighted by Gasteiger charge is 2.20. The van der Waals surface area contributed by atoms with E-state index in [-0.39, 0.29) is 17.6 Å². The van der Waals surface area contributed by atoms with Crippen LogP contribution in [0.25, 0.3) is 11.6 Å². The number of carbonyl (C=O) groups excluding carboxylic acids is 2. The van der Waals surface area contributed by atoms with E-state index in [4.69, 9.17) is 4.42 Å². The summed E-state index contributed by atoms with van der Waals surface area (Å²) < 4.78 is 7.33. The molecule has 0 unspecified atom stereocenters. The quantitative estimate of drug-likeness (QED) is 0.542. The first-order valence-corrected chi connectivity index (χ1v) is 11.4. The number of nitrogens with zero attached hydrogens (tertiary/aromatic N) is 4. The van der Waals surface area contributed by atoms with Crippen LogP contribution in [0.1, 0.15) is 35.7 Å². The lowest BCUT2D eigenvalue weighted by atomic mass is 10.1. The lowest BCUT2D eigenvalue weighted by Gasteiger charge is -2.15. The Bertz CT molecular complexity index is 1040. The molecule has 0 radical (unpaired) electrons. The lowest BCUT2D eigenvalue weighted by Crippen LogP contribution is -2.28. The second kappa shape index (κ2) is 9.82. The Morgan fingerprint density at radius 3 is 2.74 bits per heavy atom. The van der Waals surface area contributed by atoms with E-state index in [0.717, 1.165) is 31.5 Å². The molecule has 9 heteroatoms. The molecule has 0 bridgehead atoms. The third-order valence-electron chi connectivity index (χ3n) is 5.16. The maximum Gasteiger partial charge on any atom is 0.253 e. The fourth-order valence-electron chi connectivity index (χ4n) is 3.57. The fraction of sp³-hybridized carbons (Fsp3) is 0.364. The average molecular weight is 440 g/mol. The van der Waals surface area contributed by atoms with Crippen molar-refractivity contribution < 1.29 is 14.0 Å². The van der Waals surface area contributed by atoms with E-state index in [1.807, 2.05) is 46.7 Å². The molecular formula is C22H25N5O3S. The maximum absolute atomic E-state index is 12.6. The highest BCUT2D eigenvalue weighted by Crippen LogP contribution is 2.24. The topological polar surface area (TPSA) is 93.3 Å². The lowest BCUT2D eigenvalue weighted by molar-refractivity contribution is -0.118. The Morgan fingerprint density at radius 2 is 2.00 bits per heavy atom. The molecule has 1 aliphatic rings. The van der Waals surface area contributed by atoms with Gasteiger partial charge >= 0.3 is 0 Å². The summed E-state index contributed by atoms with van der Waals surface area (Å²) in [6, 6.07) is 11.1. The van der Waals surface area contributed by atoms with Crippen LogP contribution in [-0.2, 0) is 17.9 Å². The molecule has 0 spiro atoms. The number of amides is 2. The number of aromatic nitrogens is 3. The minimum absolute atomic E-state index is 0.0625. The number of benzene rings is 1. The van der Waals surface area contributed by atoms with Gasteiger partial charge in [-0.2, -0.15) is 0 Å². The Kier molecular flexibility index (Phi) is 6.71. The highest BCUT2D eigenvalue weighted by molar-refractivity contribution is 7.99. The van der Waals surface area contributed by atoms with Crippen LogP contribution >= 0.6 is 11.8 Å². The molecule has 3 aromatic rings. The highest BCUT2D eigenvalue weighted by atomic mass is 32.2. The summed E-state index contributed by atoms with van der Waals surface area (Å²) in [4.78, 5) is 26.8. The Morgan fingerprint density at radius 1 is 1.16 bits per heavy atom. The molecule has 3 heterocycles. The maximum atomic E-state index is 12.6. The molecular weight excluding hydrogens is 414 g/mol. The van der Waals surface area contributed by atoms with Crippen LogP contribution in [0.5, 0.6) is 0 Å². The number of rotatable bonds is 8. The Hall–Kier alpha value is -3.07. The molecule has 1 aliphatic heterocycles. The zero-order valence-corrected chi connectivity index (χ0v) is 18.2. The molecule has 4 rings (SSSR count). The van der Waals surface area contributed by atoms with Crippen molar-refractivity contribution in [3.63, 3.8) is 0 Å². The summed E-state index contributed by atoms with van der Waals surface area (Å²) in [6.45, 7) is 4.68. The van der Waals surface area contributed by atoms with Crippen molar-refractivity contribution in [2.75, 3.05) is 18.8 Å². The first kappa shape index (κ1) is 21.2. The zero-order valence-electron chi connectivity index (χ0n) is 17.4. The van der Waals surface area contributed by atoms with Crippen LogP contribution in [0.2, 0.25) is 0 Å². The van der Waals surface area contributed by atoms with E-state index in [1.54, 1.807) is 12.3 Å². The number of hydrogen-bond donors (Lipinski definition) is 1. The molecule has 0 atom stereocenters. The van der Waals surface area contributed by atoms with Gasteiger partial charge in [0.25, 0.3) is 5.91 Å². The molecule has 162 valence electrons. The van der Waals surface area contributed by atoms with E-state index in [9.17, 15) is 9.59 Å². The van der Waals surface area contributed by atoms with Gasteiger partial charge in [-0.1, -0.05) is 23.9 Å². The number of carbonyl (C=O) groups is 2. The Balaban J connectivity index is 1.31. The van der Waals surface area contributed by atoms with Gasteiger partial charge in [0, 0.05) is 31.7 Å². The molecule has 0 aliphatic carbocycles. The number of thioether (sulfide) groups is 1. The predicted octanol–water partition coefficient (Wildman–Crippen LogP) is 3.20. The summed E-state index contributed by atoms with van der Waals surface area (Å²) >= 11 is 1.33. The van der Waals surface area contributed by atoms with E-state index in [2.05, 4.69) is 15.5 Å². The van der Waals surface area contributed by atoms with Gasteiger partial charge in [-0.3, -0.25) is 14.2 Å². The summed E-state index contributed by atoms with van der Waals surface area (Å²) in [7, 11) is 0. The number of furan rings is 1. The molecule has 2 aromatic heterocycles. The minimum atomic E-state index is -0.105. The number of hydrogen-bond acceptors (Lipinski definition) is 6. The summed E-state index contributed by atoms with van der Waals surface area (Å²) in [5.41, 5.74) is 1.57. The second-order valence-electron chi connectivity index (χ2n) is 7.29. The molecule has 31 heavy (non-hydrogen) atoms. The van der Waals surface area contributed by atoms with Crippen LogP contribution in [0.3, 0.4) is 0 Å². The van der Waals surface area contributed by atoms with Crippen molar-refractivity contribution in [3.8, 4) is 11.6 Å². The van der Waals surface area contributed by atoms with E-state index >= 15 is 0 Å². The molecule has 0 saturated carbocycles. The molecule has 1 aromatic carbocycles. The molecule has 8 nitrogen and oxygen atoms in total. The van der Waals surface area contributed by atoms with Crippen LogP contribution in [0, 0.1) is 0 Å². The van der Waals surface area contributed by atoms with Crippen molar-refractivity contribution in [3.05, 3.63) is 53.8 Å². The zero-order chi connectivity index (χ0) is 21.6. The third kappa shape index (κ3) is 4.99. The van der Waals surface area contributed by atoms with Crippen LogP contribution in [0.4, 0.5) is 0 Å². The average Bonchev–Trinajstić information content (AvgIpc) is 3.56. The van der Waals surface area contributed by atoms with E-state index in [0.29, 0.717) is 35.4 Å². The van der Waals surface area contributed by atoms with Gasteiger partial charge in [-0.05, 0) is 49.6 Å². The monoisotopic (exact) mass is 439 g/mol. The molecule has 1 N–H and O–H groups in total. The molecule has 1 fully saturated rings. The van der Waals surface area contributed by atoms with Crippen LogP contribution in [0.15, 0.2) is 52.2 Å². The largest absolute Gasteiger partial charge is 0.461 e. The minimum Gasteiger partial charge on any atom is -0.461 e. The van der Waals surface area contributed by atoms with Gasteiger partial charge in [0.1, 0.15) is 0 Å². The Labute approximate surface area is 185 Å². The smallest absolute Gasteiger partial charge is 0.253 e. The summed E-state index contributed by atoms with van der Waals surface area (Å²) in [5.74, 6) is 1.48. The van der Waals surface area contributed by atoms with Gasteiger partial charge in [-0.25, -0.2) is 0 Å². The van der Waals surface area contributed by atoms with Crippen LogP contribution < -0.4 is 5.32 Å². The van der Waals surface area contributed by atoms with Crippen molar-refractivity contribution in [2.24, 2.45) is 0 Å². The first-order chi connectivity index (χ1) is 15.2. The molecule has 1 saturated heterocycles. The van der Waals surface area contributed by atoms with Crippen LogP contribution in [-0.4, -0.2) is 50.3 Å². The SMILES string of the molecule is CCn1c(SCC(=O)NCc2cccc(C(=O)N3CCCC3)c2)nnc1-c1ccco1. The summed E-state index contributed by atoms with van der Waals surface area (Å²) in [6.07, 6.45) is 3.72. The van der Waals surface area contributed by atoms with Crippen molar-refractivity contribution in [1.29, 1.82) is 0 Å². The first-order valence-electron chi connectivity index (χ1n) is 10.4. The van der Waals surface area contributed by atoms with Gasteiger partial charge in [0.2, 0.25) is 5.91 Å². The summed E-state index contributed by atoms with van der Waals surface area (Å²) in [5, 5.41) is 12.0. The van der Waals surface area contributed by atoms with Gasteiger partial charge in [0.05, 0.1) is 12.0 Å². The van der Waals surface area contributed by atoms with Crippen molar-refractivity contribution in [2.45, 2.75) is 38.0 Å².